The molecular formula is C14H18BrNO. The number of nitrogens with zero attached hydrogens (tertiary/aromatic N) is 1. The molecule has 17 heavy (non-hydrogen) atoms. The largest absolute Gasteiger partial charge is 0.343 e. The first kappa shape index (κ1) is 12.6. The van der Waals surface area contributed by atoms with E-state index in [1.54, 1.807) is 6.92 Å². The predicted octanol–water partition coefficient (Wildman–Crippen LogP) is 3.25. The summed E-state index contributed by atoms with van der Waals surface area (Å²) in [5, 5.41) is 0. The maximum atomic E-state index is 11.2. The standard InChI is InChI=1S/C14H18BrNO/c1-11(17)16-8-6-13(7-9-16)10-12-2-4-14(15)5-3-12/h2-5,13H,6-10H2,1H3. The van der Waals surface area contributed by atoms with Crippen LogP contribution in [0.3, 0.4) is 0 Å². The van der Waals surface area contributed by atoms with E-state index in [-0.39, 0.29) is 5.91 Å². The fourth-order valence-electron chi connectivity index (χ4n) is 2.41. The van der Waals surface area contributed by atoms with E-state index in [0.717, 1.165) is 42.7 Å². The minimum absolute atomic E-state index is 0.215. The molecule has 1 fully saturated rings. The zero-order valence-electron chi connectivity index (χ0n) is 10.2. The zero-order valence-corrected chi connectivity index (χ0v) is 11.7. The summed E-state index contributed by atoms with van der Waals surface area (Å²) >= 11 is 3.45. The SMILES string of the molecule is CC(=O)N1CCC(Cc2ccc(Br)cc2)CC1. The van der Waals surface area contributed by atoms with Crippen LogP contribution in [0.1, 0.15) is 25.3 Å². The maximum absolute atomic E-state index is 11.2. The van der Waals surface area contributed by atoms with Gasteiger partial charge in [0.1, 0.15) is 0 Å². The van der Waals surface area contributed by atoms with Gasteiger partial charge in [-0.1, -0.05) is 28.1 Å². The van der Waals surface area contributed by atoms with Crippen molar-refractivity contribution < 1.29 is 4.79 Å². The second kappa shape index (κ2) is 5.67. The summed E-state index contributed by atoms with van der Waals surface area (Å²) in [6.45, 7) is 3.52. The lowest BCUT2D eigenvalue weighted by atomic mass is 9.90. The molecule has 0 aliphatic carbocycles. The van der Waals surface area contributed by atoms with Gasteiger partial charge in [0.15, 0.2) is 0 Å². The van der Waals surface area contributed by atoms with Crippen LogP contribution in [0.4, 0.5) is 0 Å². The molecule has 0 saturated carbocycles. The highest BCUT2D eigenvalue weighted by atomic mass is 79.9. The monoisotopic (exact) mass is 295 g/mol. The van der Waals surface area contributed by atoms with Crippen LogP contribution in [0, 0.1) is 5.92 Å². The lowest BCUT2D eigenvalue weighted by Gasteiger charge is -2.31. The number of hydrogen-bond acceptors (Lipinski definition) is 1. The molecule has 92 valence electrons. The number of carbonyl (C=O) groups is 1. The van der Waals surface area contributed by atoms with E-state index in [2.05, 4.69) is 40.2 Å². The summed E-state index contributed by atoms with van der Waals surface area (Å²) in [5.74, 6) is 0.943. The van der Waals surface area contributed by atoms with Gasteiger partial charge < -0.3 is 4.90 Å². The van der Waals surface area contributed by atoms with Crippen LogP contribution < -0.4 is 0 Å². The number of halogens is 1. The van der Waals surface area contributed by atoms with E-state index >= 15 is 0 Å². The van der Waals surface area contributed by atoms with Crippen LogP contribution in [0.15, 0.2) is 28.7 Å². The molecule has 1 aromatic rings. The van der Waals surface area contributed by atoms with Gasteiger partial charge in [-0.2, -0.15) is 0 Å². The van der Waals surface area contributed by atoms with Gasteiger partial charge >= 0.3 is 0 Å². The Bertz CT molecular complexity index is 380. The van der Waals surface area contributed by atoms with Crippen LogP contribution in [-0.4, -0.2) is 23.9 Å². The number of amides is 1. The van der Waals surface area contributed by atoms with Crippen LogP contribution in [0.25, 0.3) is 0 Å². The van der Waals surface area contributed by atoms with Crippen LogP contribution >= 0.6 is 15.9 Å². The van der Waals surface area contributed by atoms with E-state index in [1.165, 1.54) is 5.56 Å². The van der Waals surface area contributed by atoms with Gasteiger partial charge in [-0.05, 0) is 42.9 Å². The predicted molar refractivity (Wildman–Crippen MR) is 72.8 cm³/mol. The van der Waals surface area contributed by atoms with Crippen LogP contribution in [0.5, 0.6) is 0 Å². The Morgan fingerprint density at radius 1 is 1.29 bits per heavy atom. The third kappa shape index (κ3) is 3.56. The van der Waals surface area contributed by atoms with E-state index in [4.69, 9.17) is 0 Å². The molecule has 3 heteroatoms. The van der Waals surface area contributed by atoms with Crippen molar-refractivity contribution in [1.82, 2.24) is 4.90 Å². The quantitative estimate of drug-likeness (QED) is 0.820. The zero-order chi connectivity index (χ0) is 12.3. The summed E-state index contributed by atoms with van der Waals surface area (Å²) in [7, 11) is 0. The fraction of sp³-hybridized carbons (Fsp3) is 0.500. The maximum Gasteiger partial charge on any atom is 0.219 e. The van der Waals surface area contributed by atoms with Crippen molar-refractivity contribution in [1.29, 1.82) is 0 Å². The Kier molecular flexibility index (Phi) is 4.21. The van der Waals surface area contributed by atoms with Gasteiger partial charge in [-0.25, -0.2) is 0 Å². The molecule has 0 radical (unpaired) electrons. The van der Waals surface area contributed by atoms with E-state index in [9.17, 15) is 4.79 Å². The second-order valence-electron chi connectivity index (χ2n) is 4.78. The van der Waals surface area contributed by atoms with Crippen LogP contribution in [0.2, 0.25) is 0 Å². The van der Waals surface area contributed by atoms with Gasteiger partial charge in [0.05, 0.1) is 0 Å². The summed E-state index contributed by atoms with van der Waals surface area (Å²) in [6.07, 6.45) is 3.41. The van der Waals surface area contributed by atoms with Gasteiger partial charge in [-0.15, -0.1) is 0 Å². The summed E-state index contributed by atoms with van der Waals surface area (Å²) in [6, 6.07) is 8.56. The lowest BCUT2D eigenvalue weighted by molar-refractivity contribution is -0.130. The topological polar surface area (TPSA) is 20.3 Å². The molecule has 1 aliphatic heterocycles. The normalized spacial score (nSPS) is 17.2. The average molecular weight is 296 g/mol. The Hall–Kier alpha value is -0.830. The van der Waals surface area contributed by atoms with Crippen molar-refractivity contribution in [2.45, 2.75) is 26.2 Å². The third-order valence-corrected chi connectivity index (χ3v) is 4.03. The summed E-state index contributed by atoms with van der Waals surface area (Å²) in [4.78, 5) is 13.2. The van der Waals surface area contributed by atoms with E-state index < -0.39 is 0 Å². The molecule has 2 rings (SSSR count). The molecule has 2 nitrogen and oxygen atoms in total. The highest BCUT2D eigenvalue weighted by Gasteiger charge is 2.20. The first-order valence-electron chi connectivity index (χ1n) is 6.15. The molecule has 0 bridgehead atoms. The first-order chi connectivity index (χ1) is 8.15. The van der Waals surface area contributed by atoms with Crippen molar-refractivity contribution in [2.24, 2.45) is 5.92 Å². The van der Waals surface area contributed by atoms with Gasteiger partial charge in [0, 0.05) is 24.5 Å². The molecular weight excluding hydrogens is 278 g/mol. The molecule has 0 N–H and O–H groups in total. The van der Waals surface area contributed by atoms with Crippen molar-refractivity contribution in [2.75, 3.05) is 13.1 Å². The smallest absolute Gasteiger partial charge is 0.219 e. The highest BCUT2D eigenvalue weighted by Crippen LogP contribution is 2.22. The van der Waals surface area contributed by atoms with Crippen molar-refractivity contribution in [3.8, 4) is 0 Å². The minimum Gasteiger partial charge on any atom is -0.343 e. The van der Waals surface area contributed by atoms with Crippen LogP contribution in [-0.2, 0) is 11.2 Å². The van der Waals surface area contributed by atoms with Crippen molar-refractivity contribution >= 4 is 21.8 Å². The fourth-order valence-corrected chi connectivity index (χ4v) is 2.67. The Morgan fingerprint density at radius 3 is 2.41 bits per heavy atom. The average Bonchev–Trinajstić information content (AvgIpc) is 2.33. The molecule has 1 heterocycles. The summed E-state index contributed by atoms with van der Waals surface area (Å²) in [5.41, 5.74) is 1.40. The Labute approximate surface area is 111 Å². The van der Waals surface area contributed by atoms with E-state index in [1.807, 2.05) is 4.90 Å². The number of likely N-dealkylation sites (tertiary alicyclic amines) is 1. The van der Waals surface area contributed by atoms with Gasteiger partial charge in [0.25, 0.3) is 0 Å². The molecule has 1 aromatic carbocycles. The van der Waals surface area contributed by atoms with Crippen molar-refractivity contribution in [3.05, 3.63) is 34.3 Å². The number of piperidine rings is 1. The molecule has 1 aliphatic rings. The Morgan fingerprint density at radius 2 is 1.88 bits per heavy atom. The molecule has 1 saturated heterocycles. The number of benzene rings is 1. The first-order valence-corrected chi connectivity index (χ1v) is 6.94. The number of carbonyl (C=O) groups excluding carboxylic acids is 1. The van der Waals surface area contributed by atoms with Gasteiger partial charge in [0.2, 0.25) is 5.91 Å². The molecule has 0 atom stereocenters. The second-order valence-corrected chi connectivity index (χ2v) is 5.70. The lowest BCUT2D eigenvalue weighted by Crippen LogP contribution is -2.37. The van der Waals surface area contributed by atoms with Crippen molar-refractivity contribution in [3.63, 3.8) is 0 Å². The van der Waals surface area contributed by atoms with E-state index in [0.29, 0.717) is 0 Å². The molecule has 0 unspecified atom stereocenters. The molecule has 1 amide bonds. The molecule has 0 aromatic heterocycles. The highest BCUT2D eigenvalue weighted by molar-refractivity contribution is 9.10. The number of hydrogen-bond donors (Lipinski definition) is 0. The third-order valence-electron chi connectivity index (χ3n) is 3.50. The Balaban J connectivity index is 1.85. The molecule has 0 spiro atoms. The van der Waals surface area contributed by atoms with Gasteiger partial charge in [-0.3, -0.25) is 4.79 Å². The number of rotatable bonds is 2. The minimum atomic E-state index is 0.215. The summed E-state index contributed by atoms with van der Waals surface area (Å²) < 4.78 is 1.13.